The predicted octanol–water partition coefficient (Wildman–Crippen LogP) is -6.61. The molecule has 0 aromatic carbocycles. The number of amides is 6. The molecule has 42 nitrogen and oxygen atoms in total. The molecule has 101 heavy (non-hydrogen) atoms. The molecule has 0 aliphatic carbocycles. The number of nitrogens with one attached hydrogen (secondary N) is 6. The second-order valence-corrected chi connectivity index (χ2v) is 28.0. The summed E-state index contributed by atoms with van der Waals surface area (Å²) in [6, 6.07) is 0. The molecular formula is C56H105N6O36P3. The summed E-state index contributed by atoms with van der Waals surface area (Å²) in [5, 5.41) is 108. The van der Waals surface area contributed by atoms with E-state index in [9.17, 15) is 88.4 Å². The lowest BCUT2D eigenvalue weighted by molar-refractivity contribution is -0.300. The first-order chi connectivity index (χ1) is 47.6. The summed E-state index contributed by atoms with van der Waals surface area (Å²) in [5.41, 5.74) is -0.835. The van der Waals surface area contributed by atoms with Crippen LogP contribution >= 0.6 is 23.5 Å². The Morgan fingerprint density at radius 1 is 0.327 bits per heavy atom. The van der Waals surface area contributed by atoms with Crippen LogP contribution in [0.15, 0.2) is 0 Å². The Morgan fingerprint density at radius 3 is 0.782 bits per heavy atom. The zero-order valence-corrected chi connectivity index (χ0v) is 58.8. The highest BCUT2D eigenvalue weighted by atomic mass is 31.2. The molecule has 3 rings (SSSR count). The topological polar surface area (TPSA) is 640 Å². The van der Waals surface area contributed by atoms with Crippen molar-refractivity contribution in [2.75, 3.05) is 119 Å². The Hall–Kier alpha value is -3.57. The Morgan fingerprint density at radius 2 is 0.554 bits per heavy atom. The third-order valence-electron chi connectivity index (χ3n) is 15.2. The van der Waals surface area contributed by atoms with Gasteiger partial charge in [-0.05, 0) is 57.8 Å². The number of rotatable bonds is 54. The lowest BCUT2D eigenvalue weighted by Crippen LogP contribution is -2.59. The smallest absolute Gasteiger partial charge is 0.387 e. The highest BCUT2D eigenvalue weighted by Gasteiger charge is 2.48. The van der Waals surface area contributed by atoms with Gasteiger partial charge in [0.15, 0.2) is 18.9 Å². The van der Waals surface area contributed by atoms with E-state index < -0.39 is 141 Å². The van der Waals surface area contributed by atoms with Gasteiger partial charge in [-0.15, -0.1) is 0 Å². The minimum absolute atomic E-state index is 0.00142. The highest BCUT2D eigenvalue weighted by Crippen LogP contribution is 2.39. The normalized spacial score (nSPS) is 26.3. The fourth-order valence-electron chi connectivity index (χ4n) is 9.59. The summed E-state index contributed by atoms with van der Waals surface area (Å²) < 4.78 is 96.0. The second kappa shape index (κ2) is 48.6. The molecule has 3 heterocycles. The van der Waals surface area contributed by atoms with Gasteiger partial charge in [0, 0.05) is 103 Å². The van der Waals surface area contributed by atoms with Crippen LogP contribution in [0.5, 0.6) is 0 Å². The number of phosphoric acid groups is 3. The first-order valence-corrected chi connectivity index (χ1v) is 37.5. The van der Waals surface area contributed by atoms with Crippen molar-refractivity contribution in [3.8, 4) is 0 Å². The molecule has 3 saturated heterocycles. The fourth-order valence-corrected chi connectivity index (χ4v) is 10.6. The van der Waals surface area contributed by atoms with Crippen LogP contribution in [0.2, 0.25) is 0 Å². The molecule has 590 valence electrons. The van der Waals surface area contributed by atoms with E-state index in [4.69, 9.17) is 72.0 Å². The molecular weight excluding hydrogens is 1430 g/mol. The quantitative estimate of drug-likeness (QED) is 0.0199. The number of aliphatic hydroxyl groups is 9. The van der Waals surface area contributed by atoms with Crippen molar-refractivity contribution in [3.05, 3.63) is 0 Å². The summed E-state index contributed by atoms with van der Waals surface area (Å²) in [7, 11) is -14.8. The van der Waals surface area contributed by atoms with Gasteiger partial charge in [-0.2, -0.15) is 0 Å². The van der Waals surface area contributed by atoms with Crippen molar-refractivity contribution >= 4 is 58.9 Å². The van der Waals surface area contributed by atoms with Crippen LogP contribution in [0, 0.1) is 5.41 Å². The monoisotopic (exact) mass is 1530 g/mol. The van der Waals surface area contributed by atoms with Crippen LogP contribution in [0.4, 0.5) is 0 Å². The zero-order chi connectivity index (χ0) is 75.2. The van der Waals surface area contributed by atoms with Gasteiger partial charge in [0.2, 0.25) is 35.4 Å². The number of aliphatic hydroxyl groups excluding tert-OH is 9. The van der Waals surface area contributed by atoms with E-state index in [0.717, 1.165) is 0 Å². The first kappa shape index (κ1) is 91.6. The van der Waals surface area contributed by atoms with E-state index in [2.05, 4.69) is 45.5 Å². The lowest BCUT2D eigenvalue weighted by atomic mass is 9.94. The Balaban J connectivity index is 1.33. The van der Waals surface area contributed by atoms with Gasteiger partial charge in [-0.1, -0.05) is 6.92 Å². The minimum atomic E-state index is -4.92. The van der Waals surface area contributed by atoms with E-state index in [-0.39, 0.29) is 173 Å². The largest absolute Gasteiger partial charge is 0.469 e. The molecule has 6 amide bonds. The van der Waals surface area contributed by atoms with E-state index in [0.29, 0.717) is 57.8 Å². The standard InChI is InChI=1S/C56H105N6O36P3/c1-56(32-87-26-14-41(66)60-20-8-17-57-38(63)11-2-5-23-90-53-50(75)47(72)44(69)35(96-53)29-93-99(78,79)80,33-88-27-15-42(67)61-21-9-18-58-39(64)12-3-6-24-91-54-51(76)48(73)45(70)36(97-54)30-94-100(81,82)83)34-89-28-16-43(68)62-22-10-19-59-40(65)13-4-7-25-92-55-52(77)49(74)46(71)37(98-55)31-95-101(84,85)86/h35-37,44-55,69-77H,2-34H2,1H3,(H,57,63)(H,58,64)(H,59,65)(H,60,66)(H,61,67)(H,62,68)(H2,78,79,80)(H2,81,82,83)(H2,84,85,86)/t35?,36?,37?,44-,45?,46?,47?,48?,49?,50?,51?,52?,53?,54?,55?,56?/m0/s1. The van der Waals surface area contributed by atoms with Gasteiger partial charge >= 0.3 is 23.5 Å². The average molecular weight is 1530 g/mol. The van der Waals surface area contributed by atoms with E-state index in [1.165, 1.54) is 0 Å². The number of hydrogen-bond acceptors (Lipinski definition) is 30. The van der Waals surface area contributed by atoms with Gasteiger partial charge in [0.1, 0.15) is 73.2 Å². The molecule has 0 radical (unpaired) electrons. The molecule has 3 aliphatic heterocycles. The number of carbonyl (C=O) groups is 6. The van der Waals surface area contributed by atoms with Crippen LogP contribution < -0.4 is 31.9 Å². The summed E-state index contributed by atoms with van der Waals surface area (Å²) in [6.07, 6.45) is -20.6. The Bertz CT molecular complexity index is 2300. The molecule has 0 bridgehead atoms. The predicted molar refractivity (Wildman–Crippen MR) is 340 cm³/mol. The van der Waals surface area contributed by atoms with Gasteiger partial charge in [0.25, 0.3) is 0 Å². The SMILES string of the molecule is CC(COCCC(=O)NCCCNC(=O)CCCCOC1OC(COP(=O)(O)O)C(O)C(O)C1O)(COCCC(=O)NCCCNC(=O)CCCCOC1OC(COP(=O)(O)O)C(O)C(O)C1O)COCCC(=O)NCCCNC(=O)CCCCOC1OC(COP(=O)(O)O)[C@H](O)C(O)C1O. The average Bonchev–Trinajstić information content (AvgIpc) is 0.830. The van der Waals surface area contributed by atoms with Gasteiger partial charge in [-0.25, -0.2) is 13.7 Å². The number of phosphoric ester groups is 3. The van der Waals surface area contributed by atoms with Crippen molar-refractivity contribution in [2.24, 2.45) is 5.41 Å². The third-order valence-corrected chi connectivity index (χ3v) is 16.7. The molecule has 15 atom stereocenters. The Kier molecular flexibility index (Phi) is 44.1. The van der Waals surface area contributed by atoms with Crippen LogP contribution in [0.1, 0.15) is 103 Å². The molecule has 0 saturated carbocycles. The second-order valence-electron chi connectivity index (χ2n) is 24.3. The molecule has 0 spiro atoms. The number of carbonyl (C=O) groups excluding carboxylic acids is 6. The van der Waals surface area contributed by atoms with Gasteiger partial charge < -0.3 is 150 Å². The van der Waals surface area contributed by atoms with Gasteiger partial charge in [0.05, 0.1) is 59.5 Å². The van der Waals surface area contributed by atoms with E-state index >= 15 is 0 Å². The van der Waals surface area contributed by atoms with Gasteiger partial charge in [-0.3, -0.25) is 42.3 Å². The summed E-state index contributed by atoms with van der Waals surface area (Å²) >= 11 is 0. The summed E-state index contributed by atoms with van der Waals surface area (Å²) in [4.78, 5) is 129. The maximum atomic E-state index is 12.7. The van der Waals surface area contributed by atoms with Crippen LogP contribution in [-0.4, -0.2) is 321 Å². The molecule has 21 N–H and O–H groups in total. The van der Waals surface area contributed by atoms with Crippen LogP contribution in [-0.2, 0) is 98.7 Å². The third kappa shape index (κ3) is 40.1. The van der Waals surface area contributed by atoms with Crippen LogP contribution in [0.3, 0.4) is 0 Å². The van der Waals surface area contributed by atoms with Crippen LogP contribution in [0.25, 0.3) is 0 Å². The van der Waals surface area contributed by atoms with Crippen molar-refractivity contribution < 1.29 is 174 Å². The Labute approximate surface area is 582 Å². The van der Waals surface area contributed by atoms with Crippen molar-refractivity contribution in [1.29, 1.82) is 0 Å². The summed E-state index contributed by atoms with van der Waals surface area (Å²) in [5.74, 6) is -1.84. The number of hydrogen-bond donors (Lipinski definition) is 21. The minimum Gasteiger partial charge on any atom is -0.387 e. The maximum absolute atomic E-state index is 12.7. The highest BCUT2D eigenvalue weighted by molar-refractivity contribution is 7.46. The van der Waals surface area contributed by atoms with Crippen molar-refractivity contribution in [1.82, 2.24) is 31.9 Å². The van der Waals surface area contributed by atoms with Crippen molar-refractivity contribution in [2.45, 2.75) is 195 Å². The van der Waals surface area contributed by atoms with Crippen molar-refractivity contribution in [3.63, 3.8) is 0 Å². The zero-order valence-electron chi connectivity index (χ0n) is 56.1. The number of ether oxygens (including phenoxy) is 9. The molecule has 3 fully saturated rings. The van der Waals surface area contributed by atoms with E-state index in [1.54, 1.807) is 6.92 Å². The fraction of sp³-hybridized carbons (Fsp3) is 0.893. The lowest BCUT2D eigenvalue weighted by Gasteiger charge is -2.40. The summed E-state index contributed by atoms with van der Waals surface area (Å²) in [6.45, 7) is 0.841. The molecule has 0 aromatic rings. The molecule has 14 unspecified atom stereocenters. The molecule has 3 aliphatic rings. The maximum Gasteiger partial charge on any atom is 0.469 e. The molecule has 45 heteroatoms. The number of unbranched alkanes of at least 4 members (excludes halogenated alkanes) is 3. The first-order valence-electron chi connectivity index (χ1n) is 33.0. The van der Waals surface area contributed by atoms with E-state index in [1.807, 2.05) is 0 Å². The molecule has 0 aromatic heterocycles.